The van der Waals surface area contributed by atoms with Crippen LogP contribution < -0.4 is 5.32 Å². The first kappa shape index (κ1) is 19.0. The van der Waals surface area contributed by atoms with Crippen LogP contribution in [0.2, 0.25) is 0 Å². The first-order chi connectivity index (χ1) is 11.1. The summed E-state index contributed by atoms with van der Waals surface area (Å²) in [5.41, 5.74) is 1.54. The maximum Gasteiger partial charge on any atom is 0.354 e. The van der Waals surface area contributed by atoms with E-state index in [1.807, 2.05) is 49.4 Å². The van der Waals surface area contributed by atoms with Gasteiger partial charge in [-0.2, -0.15) is 0 Å². The molecule has 0 fully saturated rings. The minimum atomic E-state index is -0.355. The van der Waals surface area contributed by atoms with Crippen molar-refractivity contribution in [3.63, 3.8) is 0 Å². The third-order valence-electron chi connectivity index (χ3n) is 3.42. The van der Waals surface area contributed by atoms with Gasteiger partial charge in [-0.25, -0.2) is 4.79 Å². The van der Waals surface area contributed by atoms with Gasteiger partial charge in [0.2, 0.25) is 0 Å². The molecule has 0 heterocycles. The summed E-state index contributed by atoms with van der Waals surface area (Å²) in [7, 11) is 1.65. The molecule has 0 amide bonds. The zero-order chi connectivity index (χ0) is 17.1. The number of carbonyl (C=O) groups is 1. The van der Waals surface area contributed by atoms with Crippen molar-refractivity contribution in [3.8, 4) is 0 Å². The van der Waals surface area contributed by atoms with E-state index in [1.165, 1.54) is 0 Å². The van der Waals surface area contributed by atoms with Gasteiger partial charge in [0.1, 0.15) is 12.3 Å². The highest BCUT2D eigenvalue weighted by Gasteiger charge is 2.18. The van der Waals surface area contributed by atoms with Gasteiger partial charge in [-0.15, -0.1) is 0 Å². The van der Waals surface area contributed by atoms with Gasteiger partial charge in [0.25, 0.3) is 0 Å². The minimum absolute atomic E-state index is 0.0682. The minimum Gasteiger partial charge on any atom is -0.457 e. The lowest BCUT2D eigenvalue weighted by Gasteiger charge is -2.23. The SMILES string of the molecule is C/C=C(\N[C@H](COC)C(C)C)C(=O)OCC=Cc1ccccc1. The highest BCUT2D eigenvalue weighted by atomic mass is 16.5. The molecule has 0 unspecified atom stereocenters. The maximum absolute atomic E-state index is 12.1. The molecule has 0 aliphatic heterocycles. The summed E-state index contributed by atoms with van der Waals surface area (Å²) in [4.78, 5) is 12.1. The topological polar surface area (TPSA) is 47.6 Å². The van der Waals surface area contributed by atoms with Crippen LogP contribution in [0.3, 0.4) is 0 Å². The number of nitrogens with one attached hydrogen (secondary N) is 1. The normalized spacial score (nSPS) is 13.3. The van der Waals surface area contributed by atoms with Gasteiger partial charge in [0, 0.05) is 7.11 Å². The molecule has 4 nitrogen and oxygen atoms in total. The van der Waals surface area contributed by atoms with Gasteiger partial charge in [-0.1, -0.05) is 56.3 Å². The molecule has 0 saturated heterocycles. The Labute approximate surface area is 139 Å². The van der Waals surface area contributed by atoms with Gasteiger partial charge >= 0.3 is 5.97 Å². The average molecular weight is 317 g/mol. The van der Waals surface area contributed by atoms with Crippen LogP contribution in [0.5, 0.6) is 0 Å². The summed E-state index contributed by atoms with van der Waals surface area (Å²) >= 11 is 0. The van der Waals surface area contributed by atoms with E-state index < -0.39 is 0 Å². The molecule has 23 heavy (non-hydrogen) atoms. The van der Waals surface area contributed by atoms with Crippen LogP contribution in [-0.2, 0) is 14.3 Å². The quantitative estimate of drug-likeness (QED) is 0.560. The molecular weight excluding hydrogens is 290 g/mol. The van der Waals surface area contributed by atoms with Crippen molar-refractivity contribution < 1.29 is 14.3 Å². The first-order valence-corrected chi connectivity index (χ1v) is 7.89. The number of methoxy groups -OCH3 is 1. The molecule has 1 rings (SSSR count). The average Bonchev–Trinajstić information content (AvgIpc) is 2.56. The molecule has 4 heteroatoms. The lowest BCUT2D eigenvalue weighted by Crippen LogP contribution is -2.39. The number of hydrogen-bond donors (Lipinski definition) is 1. The van der Waals surface area contributed by atoms with Crippen molar-refractivity contribution in [2.45, 2.75) is 26.8 Å². The van der Waals surface area contributed by atoms with E-state index in [9.17, 15) is 4.79 Å². The molecule has 1 N–H and O–H groups in total. The highest BCUT2D eigenvalue weighted by molar-refractivity contribution is 5.87. The molecule has 0 bridgehead atoms. The summed E-state index contributed by atoms with van der Waals surface area (Å²) in [5, 5.41) is 3.20. The van der Waals surface area contributed by atoms with Crippen molar-refractivity contribution >= 4 is 12.0 Å². The Bertz CT molecular complexity index is 521. The maximum atomic E-state index is 12.1. The van der Waals surface area contributed by atoms with E-state index in [1.54, 1.807) is 13.2 Å². The van der Waals surface area contributed by atoms with E-state index in [4.69, 9.17) is 9.47 Å². The van der Waals surface area contributed by atoms with Crippen molar-refractivity contribution in [3.05, 3.63) is 53.7 Å². The Morgan fingerprint density at radius 2 is 1.96 bits per heavy atom. The van der Waals surface area contributed by atoms with Crippen LogP contribution in [0.4, 0.5) is 0 Å². The predicted octanol–water partition coefficient (Wildman–Crippen LogP) is 3.41. The van der Waals surface area contributed by atoms with Gasteiger partial charge in [0.05, 0.1) is 12.6 Å². The third-order valence-corrected chi connectivity index (χ3v) is 3.42. The fourth-order valence-electron chi connectivity index (χ4n) is 1.99. The Morgan fingerprint density at radius 3 is 2.52 bits per heavy atom. The van der Waals surface area contributed by atoms with Crippen LogP contribution in [-0.4, -0.2) is 32.3 Å². The second-order valence-electron chi connectivity index (χ2n) is 5.56. The van der Waals surface area contributed by atoms with Gasteiger partial charge in [-0.3, -0.25) is 0 Å². The molecule has 0 spiro atoms. The summed E-state index contributed by atoms with van der Waals surface area (Å²) in [6.07, 6.45) is 5.49. The zero-order valence-corrected chi connectivity index (χ0v) is 14.4. The molecular formula is C19H27NO3. The zero-order valence-electron chi connectivity index (χ0n) is 14.4. The number of esters is 1. The molecule has 1 aromatic rings. The van der Waals surface area contributed by atoms with E-state index >= 15 is 0 Å². The highest BCUT2D eigenvalue weighted by Crippen LogP contribution is 2.06. The van der Waals surface area contributed by atoms with E-state index in [2.05, 4.69) is 19.2 Å². The van der Waals surface area contributed by atoms with Gasteiger partial charge in [-0.05, 0) is 24.5 Å². The summed E-state index contributed by atoms with van der Waals surface area (Å²) in [6, 6.07) is 9.96. The van der Waals surface area contributed by atoms with Crippen LogP contribution >= 0.6 is 0 Å². The monoisotopic (exact) mass is 317 g/mol. The second kappa shape index (κ2) is 10.6. The summed E-state index contributed by atoms with van der Waals surface area (Å²) in [6.45, 7) is 6.75. The lowest BCUT2D eigenvalue weighted by molar-refractivity contribution is -0.138. The second-order valence-corrected chi connectivity index (χ2v) is 5.56. The van der Waals surface area contributed by atoms with Gasteiger partial charge < -0.3 is 14.8 Å². The van der Waals surface area contributed by atoms with Crippen LogP contribution in [0.25, 0.3) is 6.08 Å². The van der Waals surface area contributed by atoms with Crippen molar-refractivity contribution in [1.82, 2.24) is 5.32 Å². The number of allylic oxidation sites excluding steroid dienone is 1. The third kappa shape index (κ3) is 7.15. The standard InChI is InChI=1S/C19H27NO3/c1-5-17(20-18(14-22-4)15(2)3)19(21)23-13-9-12-16-10-7-6-8-11-16/h5-12,15,18,20H,13-14H2,1-4H3/b12-9?,17-5-/t18-/m1/s1. The summed E-state index contributed by atoms with van der Waals surface area (Å²) in [5.74, 6) is -0.0114. The van der Waals surface area contributed by atoms with E-state index in [-0.39, 0.29) is 18.6 Å². The predicted molar refractivity (Wildman–Crippen MR) is 93.8 cm³/mol. The molecule has 0 aromatic heterocycles. The Morgan fingerprint density at radius 1 is 1.26 bits per heavy atom. The molecule has 0 aliphatic carbocycles. The smallest absolute Gasteiger partial charge is 0.354 e. The van der Waals surface area contributed by atoms with Crippen molar-refractivity contribution in [2.75, 3.05) is 20.3 Å². The number of hydrogen-bond acceptors (Lipinski definition) is 4. The Hall–Kier alpha value is -2.07. The Kier molecular flexibility index (Phi) is 8.76. The largest absolute Gasteiger partial charge is 0.457 e. The molecule has 1 aromatic carbocycles. The fourth-order valence-corrected chi connectivity index (χ4v) is 1.99. The van der Waals surface area contributed by atoms with Crippen LogP contribution in [0.15, 0.2) is 48.2 Å². The van der Waals surface area contributed by atoms with E-state index in [0.29, 0.717) is 18.2 Å². The van der Waals surface area contributed by atoms with Crippen LogP contribution in [0.1, 0.15) is 26.3 Å². The molecule has 1 atom stereocenters. The number of benzene rings is 1. The molecule has 0 radical (unpaired) electrons. The lowest BCUT2D eigenvalue weighted by atomic mass is 10.1. The van der Waals surface area contributed by atoms with Gasteiger partial charge in [0.15, 0.2) is 0 Å². The molecule has 0 saturated carbocycles. The molecule has 0 aliphatic rings. The number of carbonyl (C=O) groups excluding carboxylic acids is 1. The number of ether oxygens (including phenoxy) is 2. The van der Waals surface area contributed by atoms with E-state index in [0.717, 1.165) is 5.56 Å². The van der Waals surface area contributed by atoms with Crippen molar-refractivity contribution in [1.29, 1.82) is 0 Å². The van der Waals surface area contributed by atoms with Crippen molar-refractivity contribution in [2.24, 2.45) is 5.92 Å². The fraction of sp³-hybridized carbons (Fsp3) is 0.421. The first-order valence-electron chi connectivity index (χ1n) is 7.89. The Balaban J connectivity index is 2.49. The molecule has 126 valence electrons. The summed E-state index contributed by atoms with van der Waals surface area (Å²) < 4.78 is 10.5. The number of rotatable bonds is 9. The van der Waals surface area contributed by atoms with Crippen LogP contribution in [0, 0.1) is 5.92 Å².